The van der Waals surface area contributed by atoms with Crippen molar-refractivity contribution in [1.82, 2.24) is 10.3 Å². The second-order valence-electron chi connectivity index (χ2n) is 6.03. The van der Waals surface area contributed by atoms with Crippen molar-refractivity contribution in [2.24, 2.45) is 0 Å². The monoisotopic (exact) mass is 295 g/mol. The minimum Gasteiger partial charge on any atom is -0.345 e. The van der Waals surface area contributed by atoms with Gasteiger partial charge in [0, 0.05) is 24.0 Å². The second-order valence-corrected chi connectivity index (χ2v) is 7.10. The fourth-order valence-corrected chi connectivity index (χ4v) is 4.22. The van der Waals surface area contributed by atoms with Crippen molar-refractivity contribution < 1.29 is 0 Å². The van der Waals surface area contributed by atoms with E-state index in [0.717, 1.165) is 13.1 Å². The van der Waals surface area contributed by atoms with Crippen molar-refractivity contribution >= 4 is 16.5 Å². The maximum Gasteiger partial charge on any atom is 0.186 e. The number of aromatic nitrogens is 1. The number of nitrogens with one attached hydrogen (secondary N) is 1. The normalized spacial score (nSPS) is 19.2. The van der Waals surface area contributed by atoms with Crippen LogP contribution in [0.5, 0.6) is 0 Å². The zero-order valence-corrected chi connectivity index (χ0v) is 14.2. The van der Waals surface area contributed by atoms with E-state index in [-0.39, 0.29) is 0 Å². The zero-order valence-electron chi connectivity index (χ0n) is 13.4. The third kappa shape index (κ3) is 3.53. The molecule has 1 N–H and O–H groups in total. The van der Waals surface area contributed by atoms with Crippen LogP contribution in [0.3, 0.4) is 0 Å². The van der Waals surface area contributed by atoms with Gasteiger partial charge in [-0.25, -0.2) is 4.98 Å². The van der Waals surface area contributed by atoms with Gasteiger partial charge in [-0.05, 0) is 38.1 Å². The first-order valence-electron chi connectivity index (χ1n) is 8.14. The molecule has 1 aliphatic rings. The van der Waals surface area contributed by atoms with Gasteiger partial charge >= 0.3 is 0 Å². The van der Waals surface area contributed by atoms with Gasteiger partial charge in [-0.1, -0.05) is 27.7 Å². The van der Waals surface area contributed by atoms with Gasteiger partial charge in [0.15, 0.2) is 5.13 Å². The highest BCUT2D eigenvalue weighted by Crippen LogP contribution is 2.35. The second kappa shape index (κ2) is 7.41. The molecule has 4 heteroatoms. The van der Waals surface area contributed by atoms with Crippen LogP contribution < -0.4 is 10.2 Å². The summed E-state index contributed by atoms with van der Waals surface area (Å²) in [4.78, 5) is 8.95. The number of hydrogen-bond donors (Lipinski definition) is 1. The van der Waals surface area contributed by atoms with E-state index < -0.39 is 0 Å². The van der Waals surface area contributed by atoms with E-state index in [2.05, 4.69) is 37.9 Å². The Morgan fingerprint density at radius 3 is 2.85 bits per heavy atom. The smallest absolute Gasteiger partial charge is 0.186 e. The minimum atomic E-state index is 0.515. The molecule has 1 aromatic rings. The van der Waals surface area contributed by atoms with Crippen molar-refractivity contribution in [1.29, 1.82) is 0 Å². The molecule has 0 bridgehead atoms. The summed E-state index contributed by atoms with van der Waals surface area (Å²) in [5, 5.41) is 4.78. The van der Waals surface area contributed by atoms with Crippen molar-refractivity contribution in [2.75, 3.05) is 18.0 Å². The van der Waals surface area contributed by atoms with Gasteiger partial charge in [0.05, 0.1) is 5.69 Å². The molecule has 20 heavy (non-hydrogen) atoms. The van der Waals surface area contributed by atoms with Crippen LogP contribution in [0.15, 0.2) is 0 Å². The van der Waals surface area contributed by atoms with E-state index >= 15 is 0 Å². The standard InChI is InChI=1S/C16H29N3S/c1-5-9-17-11-14-15(12(3)4)18-16(20-14)19-10-7-8-13(19)6-2/h12-13,17H,5-11H2,1-4H3. The molecule has 2 rings (SSSR count). The van der Waals surface area contributed by atoms with Crippen LogP contribution in [0.25, 0.3) is 0 Å². The van der Waals surface area contributed by atoms with Gasteiger partial charge in [0.2, 0.25) is 0 Å². The lowest BCUT2D eigenvalue weighted by molar-refractivity contribution is 0.642. The molecule has 1 aromatic heterocycles. The Bertz CT molecular complexity index is 414. The largest absolute Gasteiger partial charge is 0.345 e. The Balaban J connectivity index is 2.15. The van der Waals surface area contributed by atoms with Crippen LogP contribution in [0.1, 0.15) is 69.9 Å². The van der Waals surface area contributed by atoms with E-state index in [1.807, 2.05) is 11.3 Å². The number of nitrogens with zero attached hydrogens (tertiary/aromatic N) is 2. The Kier molecular flexibility index (Phi) is 5.85. The van der Waals surface area contributed by atoms with Gasteiger partial charge in [0.1, 0.15) is 0 Å². The fourth-order valence-electron chi connectivity index (χ4n) is 2.94. The summed E-state index contributed by atoms with van der Waals surface area (Å²) in [5.74, 6) is 0.515. The Hall–Kier alpha value is -0.610. The number of hydrogen-bond acceptors (Lipinski definition) is 4. The van der Waals surface area contributed by atoms with Gasteiger partial charge in [-0.15, -0.1) is 11.3 Å². The number of rotatable bonds is 7. The summed E-state index contributed by atoms with van der Waals surface area (Å²) in [6.07, 6.45) is 5.07. The predicted molar refractivity (Wildman–Crippen MR) is 88.9 cm³/mol. The molecule has 3 nitrogen and oxygen atoms in total. The van der Waals surface area contributed by atoms with Gasteiger partial charge in [-0.2, -0.15) is 0 Å². The summed E-state index contributed by atoms with van der Waals surface area (Å²) in [5.41, 5.74) is 1.30. The maximum absolute atomic E-state index is 4.97. The van der Waals surface area contributed by atoms with E-state index in [0.29, 0.717) is 12.0 Å². The van der Waals surface area contributed by atoms with E-state index in [1.54, 1.807) is 0 Å². The van der Waals surface area contributed by atoms with Gasteiger partial charge in [0.25, 0.3) is 0 Å². The minimum absolute atomic E-state index is 0.515. The van der Waals surface area contributed by atoms with Crippen molar-refractivity contribution in [3.8, 4) is 0 Å². The number of anilines is 1. The summed E-state index contributed by atoms with van der Waals surface area (Å²) in [6, 6.07) is 0.706. The van der Waals surface area contributed by atoms with Gasteiger partial charge in [-0.3, -0.25) is 0 Å². The molecular weight excluding hydrogens is 266 g/mol. The SMILES string of the molecule is CCCNCc1sc(N2CCCC2CC)nc1C(C)C. The Morgan fingerprint density at radius 2 is 2.20 bits per heavy atom. The maximum atomic E-state index is 4.97. The lowest BCUT2D eigenvalue weighted by atomic mass is 10.1. The highest BCUT2D eigenvalue weighted by molar-refractivity contribution is 7.15. The quantitative estimate of drug-likeness (QED) is 0.766. The van der Waals surface area contributed by atoms with Crippen molar-refractivity contribution in [2.45, 2.75) is 71.9 Å². The summed E-state index contributed by atoms with van der Waals surface area (Å²) in [7, 11) is 0. The van der Waals surface area contributed by atoms with Crippen LogP contribution in [-0.2, 0) is 6.54 Å². The first-order chi connectivity index (χ1) is 9.67. The highest BCUT2D eigenvalue weighted by Gasteiger charge is 2.27. The lowest BCUT2D eigenvalue weighted by Gasteiger charge is -2.22. The number of thiazole rings is 1. The molecule has 0 amide bonds. The van der Waals surface area contributed by atoms with Crippen LogP contribution in [0, 0.1) is 0 Å². The van der Waals surface area contributed by atoms with E-state index in [9.17, 15) is 0 Å². The van der Waals surface area contributed by atoms with E-state index in [1.165, 1.54) is 47.9 Å². The topological polar surface area (TPSA) is 28.2 Å². The molecule has 0 aromatic carbocycles. The zero-order chi connectivity index (χ0) is 14.5. The van der Waals surface area contributed by atoms with Crippen LogP contribution in [0.4, 0.5) is 5.13 Å². The van der Waals surface area contributed by atoms with Crippen LogP contribution in [-0.4, -0.2) is 24.1 Å². The predicted octanol–water partition coefficient (Wildman–Crippen LogP) is 4.14. The molecule has 0 radical (unpaired) electrons. The molecule has 0 spiro atoms. The first-order valence-corrected chi connectivity index (χ1v) is 8.95. The van der Waals surface area contributed by atoms with Gasteiger partial charge < -0.3 is 10.2 Å². The molecule has 0 aliphatic carbocycles. The van der Waals surface area contributed by atoms with Crippen molar-refractivity contribution in [3.05, 3.63) is 10.6 Å². The highest BCUT2D eigenvalue weighted by atomic mass is 32.1. The first kappa shape index (κ1) is 15.8. The molecule has 1 fully saturated rings. The average molecular weight is 295 g/mol. The van der Waals surface area contributed by atoms with Crippen LogP contribution in [0.2, 0.25) is 0 Å². The molecule has 1 unspecified atom stereocenters. The lowest BCUT2D eigenvalue weighted by Crippen LogP contribution is -2.28. The third-order valence-corrected chi connectivity index (χ3v) is 5.18. The summed E-state index contributed by atoms with van der Waals surface area (Å²) < 4.78 is 0. The Labute approximate surface area is 127 Å². The molecule has 0 saturated carbocycles. The Morgan fingerprint density at radius 1 is 1.40 bits per heavy atom. The molecule has 1 saturated heterocycles. The molecular formula is C16H29N3S. The summed E-state index contributed by atoms with van der Waals surface area (Å²) >= 11 is 1.91. The summed E-state index contributed by atoms with van der Waals surface area (Å²) in [6.45, 7) is 12.3. The average Bonchev–Trinajstić information content (AvgIpc) is 3.04. The van der Waals surface area contributed by atoms with Crippen LogP contribution >= 0.6 is 11.3 Å². The molecule has 114 valence electrons. The molecule has 1 aliphatic heterocycles. The molecule has 2 heterocycles. The van der Waals surface area contributed by atoms with Crippen molar-refractivity contribution in [3.63, 3.8) is 0 Å². The van der Waals surface area contributed by atoms with E-state index in [4.69, 9.17) is 4.98 Å². The fraction of sp³-hybridized carbons (Fsp3) is 0.812. The third-order valence-electron chi connectivity index (χ3n) is 4.07. The molecule has 1 atom stereocenters.